The highest BCUT2D eigenvalue weighted by atomic mass is 79.9. The standard InChI is InChI=1S/C18H21BrO4/c1-3-5-12-8-16(21)23-15-7-13(6-11(4-2)9-19)14(10-20)18(22)17(12)15/h7-8,10-11,22H,3-6,9H2,1-2H3. The second-order valence-electron chi connectivity index (χ2n) is 5.76. The Hall–Kier alpha value is -1.62. The number of fused-ring (bicyclic) bond motifs is 1. The van der Waals surface area contributed by atoms with E-state index in [1.165, 1.54) is 6.07 Å². The van der Waals surface area contributed by atoms with Crippen molar-refractivity contribution in [2.45, 2.75) is 39.5 Å². The molecule has 1 aromatic heterocycles. The van der Waals surface area contributed by atoms with Gasteiger partial charge in [0.1, 0.15) is 11.3 Å². The Balaban J connectivity index is 2.71. The van der Waals surface area contributed by atoms with E-state index in [0.29, 0.717) is 47.1 Å². The quantitative estimate of drug-likeness (QED) is 0.443. The summed E-state index contributed by atoms with van der Waals surface area (Å²) >= 11 is 3.47. The predicted molar refractivity (Wildman–Crippen MR) is 94.8 cm³/mol. The number of rotatable bonds is 7. The van der Waals surface area contributed by atoms with E-state index in [1.807, 2.05) is 6.92 Å². The van der Waals surface area contributed by atoms with Crippen molar-refractivity contribution in [3.05, 3.63) is 39.2 Å². The third kappa shape index (κ3) is 3.66. The summed E-state index contributed by atoms with van der Waals surface area (Å²) in [5.74, 6) is 0.264. The number of benzene rings is 1. The van der Waals surface area contributed by atoms with Crippen LogP contribution in [0.2, 0.25) is 0 Å². The van der Waals surface area contributed by atoms with Crippen molar-refractivity contribution in [1.29, 1.82) is 0 Å². The van der Waals surface area contributed by atoms with E-state index in [2.05, 4.69) is 22.9 Å². The highest BCUT2D eigenvalue weighted by molar-refractivity contribution is 9.09. The molecule has 1 aromatic carbocycles. The molecule has 0 amide bonds. The van der Waals surface area contributed by atoms with E-state index >= 15 is 0 Å². The van der Waals surface area contributed by atoms with Gasteiger partial charge in [-0.1, -0.05) is 42.6 Å². The molecule has 2 rings (SSSR count). The van der Waals surface area contributed by atoms with Crippen molar-refractivity contribution >= 4 is 33.2 Å². The van der Waals surface area contributed by atoms with Crippen LogP contribution >= 0.6 is 15.9 Å². The van der Waals surface area contributed by atoms with E-state index in [9.17, 15) is 14.7 Å². The smallest absolute Gasteiger partial charge is 0.336 e. The normalized spacial score (nSPS) is 12.5. The summed E-state index contributed by atoms with van der Waals surface area (Å²) in [7, 11) is 0. The summed E-state index contributed by atoms with van der Waals surface area (Å²) in [5.41, 5.74) is 1.65. The van der Waals surface area contributed by atoms with Gasteiger partial charge in [-0.05, 0) is 36.0 Å². The van der Waals surface area contributed by atoms with E-state index in [0.717, 1.165) is 23.7 Å². The third-order valence-electron chi connectivity index (χ3n) is 4.15. The first-order valence-electron chi connectivity index (χ1n) is 7.88. The molecule has 0 aliphatic heterocycles. The molecule has 0 aliphatic carbocycles. The molecule has 0 spiro atoms. The van der Waals surface area contributed by atoms with E-state index in [1.54, 1.807) is 6.07 Å². The second-order valence-corrected chi connectivity index (χ2v) is 6.41. The fourth-order valence-electron chi connectivity index (χ4n) is 2.84. The van der Waals surface area contributed by atoms with Gasteiger partial charge in [0.15, 0.2) is 6.29 Å². The lowest BCUT2D eigenvalue weighted by Gasteiger charge is -2.16. The lowest BCUT2D eigenvalue weighted by molar-refractivity contribution is 0.112. The van der Waals surface area contributed by atoms with Gasteiger partial charge in [0.05, 0.1) is 10.9 Å². The highest BCUT2D eigenvalue weighted by Crippen LogP contribution is 2.34. The second kappa shape index (κ2) is 7.77. The molecular formula is C18H21BrO4. The van der Waals surface area contributed by atoms with Crippen molar-refractivity contribution in [3.8, 4) is 5.75 Å². The highest BCUT2D eigenvalue weighted by Gasteiger charge is 2.19. The number of carbonyl (C=O) groups is 1. The lowest BCUT2D eigenvalue weighted by Crippen LogP contribution is -2.08. The average Bonchev–Trinajstić information content (AvgIpc) is 2.52. The van der Waals surface area contributed by atoms with Gasteiger partial charge in [-0.2, -0.15) is 0 Å². The summed E-state index contributed by atoms with van der Waals surface area (Å²) in [6.45, 7) is 4.07. The van der Waals surface area contributed by atoms with Crippen LogP contribution < -0.4 is 5.63 Å². The van der Waals surface area contributed by atoms with Crippen molar-refractivity contribution in [2.24, 2.45) is 5.92 Å². The number of phenols is 1. The van der Waals surface area contributed by atoms with Crippen LogP contribution in [-0.4, -0.2) is 16.7 Å². The van der Waals surface area contributed by atoms with E-state index in [4.69, 9.17) is 4.42 Å². The van der Waals surface area contributed by atoms with Gasteiger partial charge in [-0.15, -0.1) is 0 Å². The Kier molecular flexibility index (Phi) is 5.99. The molecule has 0 aliphatic rings. The molecule has 1 atom stereocenters. The van der Waals surface area contributed by atoms with Crippen molar-refractivity contribution < 1.29 is 14.3 Å². The predicted octanol–water partition coefficient (Wildman–Crippen LogP) is 4.23. The summed E-state index contributed by atoms with van der Waals surface area (Å²) in [5, 5.41) is 11.9. The molecule has 0 saturated carbocycles. The average molecular weight is 381 g/mol. The maximum atomic E-state index is 11.8. The Morgan fingerprint density at radius 1 is 1.30 bits per heavy atom. The van der Waals surface area contributed by atoms with Crippen LogP contribution in [0, 0.1) is 5.92 Å². The number of aromatic hydroxyl groups is 1. The third-order valence-corrected chi connectivity index (χ3v) is 5.07. The number of halogens is 1. The van der Waals surface area contributed by atoms with Crippen LogP contribution in [0.5, 0.6) is 5.75 Å². The molecule has 1 heterocycles. The van der Waals surface area contributed by atoms with Crippen LogP contribution in [0.15, 0.2) is 21.3 Å². The number of hydrogen-bond acceptors (Lipinski definition) is 4. The van der Waals surface area contributed by atoms with Gasteiger partial charge < -0.3 is 9.52 Å². The zero-order valence-electron chi connectivity index (χ0n) is 13.4. The Bertz CT molecular complexity index is 760. The van der Waals surface area contributed by atoms with Crippen LogP contribution in [0.3, 0.4) is 0 Å². The minimum absolute atomic E-state index is 0.0795. The van der Waals surface area contributed by atoms with Crippen molar-refractivity contribution in [2.75, 3.05) is 5.33 Å². The number of alkyl halides is 1. The number of aryl methyl sites for hydroxylation is 1. The first-order chi connectivity index (χ1) is 11.0. The molecule has 0 radical (unpaired) electrons. The zero-order chi connectivity index (χ0) is 17.0. The van der Waals surface area contributed by atoms with Crippen molar-refractivity contribution in [3.63, 3.8) is 0 Å². The molecule has 4 nitrogen and oxygen atoms in total. The molecule has 1 N–H and O–H groups in total. The summed E-state index contributed by atoms with van der Waals surface area (Å²) in [6.07, 6.45) is 3.75. The molecule has 124 valence electrons. The Morgan fingerprint density at radius 3 is 2.61 bits per heavy atom. The number of hydrogen-bond donors (Lipinski definition) is 1. The summed E-state index contributed by atoms with van der Waals surface area (Å²) in [6, 6.07) is 3.12. The Morgan fingerprint density at radius 2 is 2.04 bits per heavy atom. The molecule has 2 aromatic rings. The van der Waals surface area contributed by atoms with Gasteiger partial charge in [0.2, 0.25) is 0 Å². The molecule has 0 saturated heterocycles. The monoisotopic (exact) mass is 380 g/mol. The van der Waals surface area contributed by atoms with E-state index < -0.39 is 5.63 Å². The molecule has 1 unspecified atom stereocenters. The first kappa shape index (κ1) is 17.7. The van der Waals surface area contributed by atoms with Gasteiger partial charge in [0.25, 0.3) is 0 Å². The molecule has 0 fully saturated rings. The van der Waals surface area contributed by atoms with Crippen LogP contribution in [0.1, 0.15) is 48.2 Å². The summed E-state index contributed by atoms with van der Waals surface area (Å²) < 4.78 is 5.28. The fourth-order valence-corrected chi connectivity index (χ4v) is 3.53. The number of aldehydes is 1. The minimum Gasteiger partial charge on any atom is -0.506 e. The molecule has 5 heteroatoms. The Labute approximate surface area is 143 Å². The van der Waals surface area contributed by atoms with Crippen molar-refractivity contribution in [1.82, 2.24) is 0 Å². The molecule has 23 heavy (non-hydrogen) atoms. The lowest BCUT2D eigenvalue weighted by atomic mass is 9.92. The molecule has 0 bridgehead atoms. The zero-order valence-corrected chi connectivity index (χ0v) is 15.0. The van der Waals surface area contributed by atoms with Gasteiger partial charge >= 0.3 is 5.63 Å². The molecular weight excluding hydrogens is 360 g/mol. The first-order valence-corrected chi connectivity index (χ1v) is 9.00. The van der Waals surface area contributed by atoms with Crippen LogP contribution in [0.25, 0.3) is 11.0 Å². The number of phenolic OH excluding ortho intramolecular Hbond substituents is 1. The van der Waals surface area contributed by atoms with E-state index in [-0.39, 0.29) is 5.75 Å². The maximum absolute atomic E-state index is 11.8. The SMILES string of the molecule is CCCc1cc(=O)oc2cc(CC(CC)CBr)c(C=O)c(O)c12. The van der Waals surface area contributed by atoms with Crippen LogP contribution in [0.4, 0.5) is 0 Å². The summed E-state index contributed by atoms with van der Waals surface area (Å²) in [4.78, 5) is 23.3. The fraction of sp³-hybridized carbons (Fsp3) is 0.444. The van der Waals surface area contributed by atoms with Gasteiger partial charge in [0, 0.05) is 11.4 Å². The maximum Gasteiger partial charge on any atom is 0.336 e. The minimum atomic E-state index is -0.433. The van der Waals surface area contributed by atoms with Crippen LogP contribution in [-0.2, 0) is 12.8 Å². The topological polar surface area (TPSA) is 67.5 Å². The largest absolute Gasteiger partial charge is 0.506 e. The van der Waals surface area contributed by atoms with Gasteiger partial charge in [-0.25, -0.2) is 4.79 Å². The van der Waals surface area contributed by atoms with Gasteiger partial charge in [-0.3, -0.25) is 4.79 Å². The number of carbonyl (C=O) groups excluding carboxylic acids is 1.